The molecule has 0 spiro atoms. The van der Waals surface area contributed by atoms with Gasteiger partial charge in [0.05, 0.1) is 11.6 Å². The van der Waals surface area contributed by atoms with Crippen LogP contribution in [0.4, 0.5) is 0 Å². The first-order chi connectivity index (χ1) is 7.27. The van der Waals surface area contributed by atoms with Crippen LogP contribution >= 0.6 is 11.6 Å². The SMILES string of the molecule is OCCC(CO)COc1ccccc1Cl. The van der Waals surface area contributed by atoms with E-state index < -0.39 is 0 Å². The third-order valence-electron chi connectivity index (χ3n) is 2.11. The highest BCUT2D eigenvalue weighted by molar-refractivity contribution is 6.32. The molecule has 4 heteroatoms. The van der Waals surface area contributed by atoms with Crippen LogP contribution in [0.5, 0.6) is 5.75 Å². The van der Waals surface area contributed by atoms with Gasteiger partial charge in [-0.1, -0.05) is 23.7 Å². The minimum absolute atomic E-state index is 0.00497. The van der Waals surface area contributed by atoms with Crippen LogP contribution in [0.2, 0.25) is 5.02 Å². The van der Waals surface area contributed by atoms with Crippen molar-refractivity contribution in [2.45, 2.75) is 6.42 Å². The zero-order valence-corrected chi connectivity index (χ0v) is 9.15. The molecule has 1 unspecified atom stereocenters. The summed E-state index contributed by atoms with van der Waals surface area (Å²) < 4.78 is 5.44. The zero-order valence-electron chi connectivity index (χ0n) is 8.40. The van der Waals surface area contributed by atoms with E-state index in [1.807, 2.05) is 12.1 Å². The Labute approximate surface area is 94.3 Å². The molecule has 15 heavy (non-hydrogen) atoms. The second-order valence-corrected chi connectivity index (χ2v) is 3.71. The molecular formula is C11H15ClO3. The molecular weight excluding hydrogens is 216 g/mol. The molecule has 0 saturated carbocycles. The lowest BCUT2D eigenvalue weighted by Crippen LogP contribution is -2.17. The van der Waals surface area contributed by atoms with Crippen LogP contribution in [-0.4, -0.2) is 30.0 Å². The quantitative estimate of drug-likeness (QED) is 0.782. The van der Waals surface area contributed by atoms with Crippen LogP contribution in [0.1, 0.15) is 6.42 Å². The van der Waals surface area contributed by atoms with Crippen molar-refractivity contribution >= 4 is 11.6 Å². The van der Waals surface area contributed by atoms with Crippen LogP contribution in [0.25, 0.3) is 0 Å². The van der Waals surface area contributed by atoms with Crippen molar-refractivity contribution in [3.63, 3.8) is 0 Å². The number of ether oxygens (including phenoxy) is 1. The number of aliphatic hydroxyl groups excluding tert-OH is 2. The Hall–Kier alpha value is -0.770. The smallest absolute Gasteiger partial charge is 0.137 e. The highest BCUT2D eigenvalue weighted by atomic mass is 35.5. The zero-order chi connectivity index (χ0) is 11.1. The van der Waals surface area contributed by atoms with Crippen LogP contribution in [0.3, 0.4) is 0 Å². The molecule has 3 nitrogen and oxygen atoms in total. The lowest BCUT2D eigenvalue weighted by molar-refractivity contribution is 0.134. The Morgan fingerprint density at radius 2 is 2.00 bits per heavy atom. The van der Waals surface area contributed by atoms with E-state index in [0.717, 1.165) is 0 Å². The van der Waals surface area contributed by atoms with Crippen molar-refractivity contribution < 1.29 is 14.9 Å². The van der Waals surface area contributed by atoms with Gasteiger partial charge in [0, 0.05) is 19.1 Å². The minimum atomic E-state index is -0.0497. The average Bonchev–Trinajstić information content (AvgIpc) is 2.26. The Kier molecular flexibility index (Phi) is 5.47. The first-order valence-electron chi connectivity index (χ1n) is 4.87. The van der Waals surface area contributed by atoms with Crippen LogP contribution < -0.4 is 4.74 Å². The normalized spacial score (nSPS) is 12.5. The molecule has 84 valence electrons. The lowest BCUT2D eigenvalue weighted by atomic mass is 10.1. The maximum atomic E-state index is 8.98. The fourth-order valence-corrected chi connectivity index (χ4v) is 1.37. The number of hydrogen-bond donors (Lipinski definition) is 2. The number of halogens is 1. The molecule has 2 N–H and O–H groups in total. The maximum Gasteiger partial charge on any atom is 0.137 e. The van der Waals surface area contributed by atoms with E-state index in [2.05, 4.69) is 0 Å². The Morgan fingerprint density at radius 1 is 1.27 bits per heavy atom. The third-order valence-corrected chi connectivity index (χ3v) is 2.42. The van der Waals surface area contributed by atoms with Crippen LogP contribution in [-0.2, 0) is 0 Å². The summed E-state index contributed by atoms with van der Waals surface area (Å²) in [4.78, 5) is 0. The predicted molar refractivity (Wildman–Crippen MR) is 59.2 cm³/mol. The molecule has 0 fully saturated rings. The molecule has 0 bridgehead atoms. The monoisotopic (exact) mass is 230 g/mol. The van der Waals surface area contributed by atoms with Gasteiger partial charge in [-0.25, -0.2) is 0 Å². The van der Waals surface area contributed by atoms with Crippen molar-refractivity contribution in [3.8, 4) is 5.75 Å². The third kappa shape index (κ3) is 4.08. The van der Waals surface area contributed by atoms with Crippen molar-refractivity contribution in [2.24, 2.45) is 5.92 Å². The molecule has 1 aromatic carbocycles. The topological polar surface area (TPSA) is 49.7 Å². The molecule has 0 heterocycles. The summed E-state index contributed by atoms with van der Waals surface area (Å²) in [6, 6.07) is 7.18. The van der Waals surface area contributed by atoms with Gasteiger partial charge in [0.2, 0.25) is 0 Å². The summed E-state index contributed by atoms with van der Waals surface area (Å²) in [6.07, 6.45) is 0.529. The van der Waals surface area contributed by atoms with Crippen molar-refractivity contribution in [2.75, 3.05) is 19.8 Å². The van der Waals surface area contributed by atoms with Gasteiger partial charge in [-0.05, 0) is 18.6 Å². The largest absolute Gasteiger partial charge is 0.492 e. The number of benzene rings is 1. The fraction of sp³-hybridized carbons (Fsp3) is 0.455. The van der Waals surface area contributed by atoms with Gasteiger partial charge in [0.25, 0.3) is 0 Å². The Morgan fingerprint density at radius 3 is 2.60 bits per heavy atom. The lowest BCUT2D eigenvalue weighted by Gasteiger charge is -2.14. The van der Waals surface area contributed by atoms with Crippen LogP contribution in [0, 0.1) is 5.92 Å². The van der Waals surface area contributed by atoms with Gasteiger partial charge in [0.1, 0.15) is 5.75 Å². The van der Waals surface area contributed by atoms with Crippen molar-refractivity contribution in [1.82, 2.24) is 0 Å². The van der Waals surface area contributed by atoms with E-state index in [1.165, 1.54) is 0 Å². The molecule has 0 aliphatic rings. The van der Waals surface area contributed by atoms with Gasteiger partial charge in [-0.15, -0.1) is 0 Å². The molecule has 1 aromatic rings. The molecule has 0 saturated heterocycles. The summed E-state index contributed by atoms with van der Waals surface area (Å²) >= 11 is 5.89. The minimum Gasteiger partial charge on any atom is -0.492 e. The number of aliphatic hydroxyl groups is 2. The number of hydrogen-bond acceptors (Lipinski definition) is 3. The summed E-state index contributed by atoms with van der Waals surface area (Å²) in [5, 5.41) is 18.3. The first-order valence-corrected chi connectivity index (χ1v) is 5.24. The second-order valence-electron chi connectivity index (χ2n) is 3.30. The van der Waals surface area contributed by atoms with Gasteiger partial charge >= 0.3 is 0 Å². The molecule has 0 amide bonds. The van der Waals surface area contributed by atoms with Crippen LogP contribution in [0.15, 0.2) is 24.3 Å². The molecule has 1 atom stereocenters. The van der Waals surface area contributed by atoms with E-state index in [1.54, 1.807) is 12.1 Å². The summed E-state index contributed by atoms with van der Waals surface area (Å²) in [7, 11) is 0. The Balaban J connectivity index is 2.45. The molecule has 1 rings (SSSR count). The first kappa shape index (κ1) is 12.3. The van der Waals surface area contributed by atoms with Crippen molar-refractivity contribution in [3.05, 3.63) is 29.3 Å². The van der Waals surface area contributed by atoms with E-state index in [-0.39, 0.29) is 19.1 Å². The van der Waals surface area contributed by atoms with Gasteiger partial charge in [-0.3, -0.25) is 0 Å². The predicted octanol–water partition coefficient (Wildman–Crippen LogP) is 1.71. The Bertz CT molecular complexity index is 291. The fourth-order valence-electron chi connectivity index (χ4n) is 1.18. The maximum absolute atomic E-state index is 8.98. The second kappa shape index (κ2) is 6.67. The standard InChI is InChI=1S/C11H15ClO3/c12-10-3-1-2-4-11(10)15-8-9(7-14)5-6-13/h1-4,9,13-14H,5-8H2. The molecule has 0 aromatic heterocycles. The molecule has 0 aliphatic heterocycles. The summed E-state index contributed by atoms with van der Waals surface area (Å²) in [5.41, 5.74) is 0. The van der Waals surface area contributed by atoms with Gasteiger partial charge in [0.15, 0.2) is 0 Å². The van der Waals surface area contributed by atoms with Crippen molar-refractivity contribution in [1.29, 1.82) is 0 Å². The van der Waals surface area contributed by atoms with E-state index in [9.17, 15) is 0 Å². The number of para-hydroxylation sites is 1. The van der Waals surface area contributed by atoms with Gasteiger partial charge in [-0.2, -0.15) is 0 Å². The number of rotatable bonds is 6. The average molecular weight is 231 g/mol. The molecule has 0 aliphatic carbocycles. The highest BCUT2D eigenvalue weighted by Gasteiger charge is 2.08. The summed E-state index contributed by atoms with van der Waals surface area (Å²) in [5.74, 6) is 0.557. The van der Waals surface area contributed by atoms with E-state index in [0.29, 0.717) is 23.8 Å². The molecule has 0 radical (unpaired) electrons. The van der Waals surface area contributed by atoms with Gasteiger partial charge < -0.3 is 14.9 Å². The summed E-state index contributed by atoms with van der Waals surface area (Å²) in [6.45, 7) is 0.420. The van der Waals surface area contributed by atoms with E-state index >= 15 is 0 Å². The van der Waals surface area contributed by atoms with E-state index in [4.69, 9.17) is 26.6 Å². The highest BCUT2D eigenvalue weighted by Crippen LogP contribution is 2.23.